The Morgan fingerprint density at radius 2 is 1.75 bits per heavy atom. The predicted molar refractivity (Wildman–Crippen MR) is 139 cm³/mol. The number of aliphatic hydroxyl groups is 1. The molecule has 1 heterocycles. The summed E-state index contributed by atoms with van der Waals surface area (Å²) in [6.45, 7) is 0.810. The summed E-state index contributed by atoms with van der Waals surface area (Å²) >= 11 is 0. The van der Waals surface area contributed by atoms with E-state index in [0.29, 0.717) is 19.6 Å². The van der Waals surface area contributed by atoms with E-state index < -0.39 is 45.6 Å². The van der Waals surface area contributed by atoms with Crippen LogP contribution in [-0.2, 0) is 35.8 Å². The van der Waals surface area contributed by atoms with Gasteiger partial charge in [-0.05, 0) is 30.7 Å². The van der Waals surface area contributed by atoms with Crippen LogP contribution < -0.4 is 45.5 Å². The summed E-state index contributed by atoms with van der Waals surface area (Å²) < 4.78 is 45.4. The van der Waals surface area contributed by atoms with Crippen LogP contribution in [0.15, 0.2) is 30.3 Å². The maximum atomic E-state index is 13.3. The molecule has 1 unspecified atom stereocenters. The van der Waals surface area contributed by atoms with Gasteiger partial charge in [0.15, 0.2) is 5.44 Å². The fourth-order valence-electron chi connectivity index (χ4n) is 5.04. The molecule has 0 bridgehead atoms. The SMILES string of the molecule is O=C(N[C@@H](CC1CCCCC1)C(=O)N[C@@H](C[C@@H]1CCNC1=O)C(O)S(=O)(=O)[O-])OCCOCc1ccccc1.[Na+]. The quantitative estimate of drug-likeness (QED) is 0.110. The molecule has 12 nitrogen and oxygen atoms in total. The third-order valence-corrected chi connectivity index (χ3v) is 8.06. The van der Waals surface area contributed by atoms with E-state index in [9.17, 15) is 32.5 Å². The number of hydrogen-bond acceptors (Lipinski definition) is 9. The second-order valence-corrected chi connectivity index (χ2v) is 11.6. The van der Waals surface area contributed by atoms with E-state index in [4.69, 9.17) is 9.47 Å². The zero-order chi connectivity index (χ0) is 28.3. The summed E-state index contributed by atoms with van der Waals surface area (Å²) in [5.41, 5.74) is -1.48. The first kappa shape index (κ1) is 34.5. The minimum absolute atomic E-state index is 0. The van der Waals surface area contributed by atoms with Crippen molar-refractivity contribution in [2.24, 2.45) is 11.8 Å². The first-order valence-corrected chi connectivity index (χ1v) is 14.9. The molecule has 3 rings (SSSR count). The molecular weight excluding hydrogens is 553 g/mol. The first-order chi connectivity index (χ1) is 18.6. The van der Waals surface area contributed by atoms with E-state index in [0.717, 1.165) is 37.7 Å². The number of amides is 3. The number of alkyl carbamates (subject to hydrolysis) is 1. The topological polar surface area (TPSA) is 183 Å². The largest absolute Gasteiger partial charge is 1.00 e. The molecule has 1 aromatic rings. The van der Waals surface area contributed by atoms with Gasteiger partial charge in [0, 0.05) is 12.5 Å². The van der Waals surface area contributed by atoms with Crippen LogP contribution in [0.1, 0.15) is 56.9 Å². The molecule has 3 amide bonds. The molecule has 1 saturated carbocycles. The summed E-state index contributed by atoms with van der Waals surface area (Å²) in [4.78, 5) is 37.8. The number of rotatable bonds is 14. The minimum Gasteiger partial charge on any atom is -0.746 e. The Kier molecular flexibility index (Phi) is 14.9. The molecule has 1 aliphatic carbocycles. The third kappa shape index (κ3) is 11.6. The van der Waals surface area contributed by atoms with Crippen LogP contribution in [-0.4, -0.2) is 73.3 Å². The van der Waals surface area contributed by atoms with Gasteiger partial charge < -0.3 is 35.1 Å². The van der Waals surface area contributed by atoms with Crippen molar-refractivity contribution in [2.75, 3.05) is 19.8 Å². The van der Waals surface area contributed by atoms with E-state index in [-0.39, 0.29) is 67.4 Å². The third-order valence-electron chi connectivity index (χ3n) is 7.14. The average Bonchev–Trinajstić information content (AvgIpc) is 3.32. The van der Waals surface area contributed by atoms with Gasteiger partial charge in [0.25, 0.3) is 0 Å². The van der Waals surface area contributed by atoms with Gasteiger partial charge in [0.2, 0.25) is 11.8 Å². The molecule has 0 radical (unpaired) electrons. The van der Waals surface area contributed by atoms with Gasteiger partial charge in [-0.3, -0.25) is 9.59 Å². The molecule has 2 aliphatic rings. The Balaban J connectivity index is 0.00000560. The summed E-state index contributed by atoms with van der Waals surface area (Å²) in [6, 6.07) is 6.87. The second-order valence-electron chi connectivity index (χ2n) is 10.1. The van der Waals surface area contributed by atoms with Gasteiger partial charge in [-0.15, -0.1) is 0 Å². The number of nitrogens with one attached hydrogen (secondary N) is 3. The molecule has 4 N–H and O–H groups in total. The minimum atomic E-state index is -5.19. The Bertz CT molecular complexity index is 1050. The molecule has 0 spiro atoms. The molecule has 2 fully saturated rings. The number of aliphatic hydroxyl groups excluding tert-OH is 1. The van der Waals surface area contributed by atoms with E-state index in [1.54, 1.807) is 0 Å². The molecular formula is C26H38N3NaO9S. The van der Waals surface area contributed by atoms with E-state index in [1.165, 1.54) is 0 Å². The summed E-state index contributed by atoms with van der Waals surface area (Å²) in [7, 11) is -5.19. The number of benzene rings is 1. The molecule has 1 aromatic carbocycles. The van der Waals surface area contributed by atoms with Crippen LogP contribution in [0.2, 0.25) is 0 Å². The molecule has 0 aromatic heterocycles. The Hall–Kier alpha value is -1.74. The normalized spacial score (nSPS) is 19.9. The standard InChI is InChI=1S/C26H39N3O9S.Na/c30-23-20(11-12-27-23)16-22(25(32)39(34,35)36)28-24(31)21(15-18-7-3-1-4-8-18)29-26(33)38-14-13-37-17-19-9-5-2-6-10-19;/h2,5-6,9-10,18,20-22,25,32H,1,3-4,7-8,11-17H2,(H,27,30)(H,28,31)(H,29,33)(H,34,35,36);/q;+1/p-1/t20-,21-,22-,25?;/m0./s1. The van der Waals surface area contributed by atoms with Crippen LogP contribution in [0.4, 0.5) is 4.79 Å². The average molecular weight is 592 g/mol. The van der Waals surface area contributed by atoms with Crippen molar-refractivity contribution >= 4 is 28.0 Å². The zero-order valence-corrected chi connectivity index (χ0v) is 25.7. The number of carbonyl (C=O) groups excluding carboxylic acids is 3. The number of hydrogen-bond donors (Lipinski definition) is 4. The van der Waals surface area contributed by atoms with Crippen molar-refractivity contribution in [2.45, 2.75) is 75.5 Å². The van der Waals surface area contributed by atoms with E-state index in [1.807, 2.05) is 30.3 Å². The van der Waals surface area contributed by atoms with Crippen LogP contribution in [0.25, 0.3) is 0 Å². The van der Waals surface area contributed by atoms with Crippen LogP contribution in [0, 0.1) is 11.8 Å². The smallest absolute Gasteiger partial charge is 0.746 e. The molecule has 1 saturated heterocycles. The fraction of sp³-hybridized carbons (Fsp3) is 0.654. The van der Waals surface area contributed by atoms with Crippen molar-refractivity contribution in [1.82, 2.24) is 16.0 Å². The number of carbonyl (C=O) groups is 3. The van der Waals surface area contributed by atoms with E-state index >= 15 is 0 Å². The number of ether oxygens (including phenoxy) is 2. The van der Waals surface area contributed by atoms with Crippen molar-refractivity contribution in [3.8, 4) is 0 Å². The van der Waals surface area contributed by atoms with Gasteiger partial charge in [-0.2, -0.15) is 0 Å². The molecule has 14 heteroatoms. The summed E-state index contributed by atoms with van der Waals surface area (Å²) in [5, 5.41) is 17.8. The first-order valence-electron chi connectivity index (χ1n) is 13.4. The van der Waals surface area contributed by atoms with Gasteiger partial charge >= 0.3 is 35.7 Å². The van der Waals surface area contributed by atoms with Crippen LogP contribution >= 0.6 is 0 Å². The van der Waals surface area contributed by atoms with Crippen molar-refractivity contribution in [3.05, 3.63) is 35.9 Å². The second kappa shape index (κ2) is 17.3. The van der Waals surface area contributed by atoms with Gasteiger partial charge in [0.1, 0.15) is 22.8 Å². The Morgan fingerprint density at radius 3 is 2.38 bits per heavy atom. The maximum absolute atomic E-state index is 13.3. The molecule has 1 aliphatic heterocycles. The van der Waals surface area contributed by atoms with Crippen molar-refractivity contribution in [1.29, 1.82) is 0 Å². The summed E-state index contributed by atoms with van der Waals surface area (Å²) in [5.74, 6) is -1.63. The van der Waals surface area contributed by atoms with Crippen molar-refractivity contribution < 1.29 is 71.5 Å². The zero-order valence-electron chi connectivity index (χ0n) is 22.9. The van der Waals surface area contributed by atoms with Gasteiger partial charge in [0.05, 0.1) is 19.3 Å². The van der Waals surface area contributed by atoms with Crippen LogP contribution in [0.3, 0.4) is 0 Å². The molecule has 40 heavy (non-hydrogen) atoms. The summed E-state index contributed by atoms with van der Waals surface area (Å²) in [6.07, 6.45) is 4.39. The monoisotopic (exact) mass is 591 g/mol. The van der Waals surface area contributed by atoms with Gasteiger partial charge in [-0.25, -0.2) is 13.2 Å². The van der Waals surface area contributed by atoms with E-state index in [2.05, 4.69) is 16.0 Å². The Labute approximate surface area is 257 Å². The van der Waals surface area contributed by atoms with Gasteiger partial charge in [-0.1, -0.05) is 62.4 Å². The fourth-order valence-corrected chi connectivity index (χ4v) is 5.62. The maximum Gasteiger partial charge on any atom is 1.00 e. The van der Waals surface area contributed by atoms with Crippen LogP contribution in [0.5, 0.6) is 0 Å². The van der Waals surface area contributed by atoms with Crippen molar-refractivity contribution in [3.63, 3.8) is 0 Å². The molecule has 218 valence electrons. The Morgan fingerprint density at radius 1 is 1.05 bits per heavy atom. The predicted octanol–water partition coefficient (Wildman–Crippen LogP) is -1.85. The molecule has 4 atom stereocenters.